The van der Waals surface area contributed by atoms with Gasteiger partial charge in [0.2, 0.25) is 8.32 Å². The van der Waals surface area contributed by atoms with Crippen LogP contribution in [0.3, 0.4) is 0 Å². The van der Waals surface area contributed by atoms with Crippen molar-refractivity contribution >= 4 is 19.3 Å². The Labute approximate surface area is 84.6 Å². The van der Waals surface area contributed by atoms with Gasteiger partial charge in [-0.15, -0.1) is 0 Å². The molecule has 0 aliphatic heterocycles. The van der Waals surface area contributed by atoms with Gasteiger partial charge in [-0.3, -0.25) is 0 Å². The number of hydrogen-bond donors (Lipinski definition) is 0. The molecule has 1 aromatic heterocycles. The highest BCUT2D eigenvalue weighted by atomic mass is 28.4. The predicted octanol–water partition coefficient (Wildman–Crippen LogP) is 3.65. The molecule has 14 heavy (non-hydrogen) atoms. The monoisotopic (exact) mass is 206 g/mol. The lowest BCUT2D eigenvalue weighted by molar-refractivity contribution is 0.532. The van der Waals surface area contributed by atoms with Crippen LogP contribution in [0.1, 0.15) is 0 Å². The molecule has 0 aliphatic carbocycles. The molecule has 3 heteroatoms. The fourth-order valence-electron chi connectivity index (χ4n) is 1.36. The van der Waals surface area contributed by atoms with Gasteiger partial charge in [-0.2, -0.15) is 0 Å². The molecule has 0 fully saturated rings. The van der Waals surface area contributed by atoms with E-state index < -0.39 is 8.32 Å². The van der Waals surface area contributed by atoms with Crippen molar-refractivity contribution < 1.29 is 8.84 Å². The third-order valence-corrected chi connectivity index (χ3v) is 2.69. The predicted molar refractivity (Wildman–Crippen MR) is 60.2 cm³/mol. The van der Waals surface area contributed by atoms with Crippen molar-refractivity contribution in [3.8, 4) is 5.75 Å². The van der Waals surface area contributed by atoms with Crippen LogP contribution in [-0.4, -0.2) is 8.32 Å². The molecule has 2 aromatic rings. The Morgan fingerprint density at radius 1 is 1.14 bits per heavy atom. The van der Waals surface area contributed by atoms with Gasteiger partial charge in [-0.05, 0) is 31.8 Å². The SMILES string of the molecule is C[Si](C)(C)Oc1coc2ccccc12. The summed E-state index contributed by atoms with van der Waals surface area (Å²) in [6.07, 6.45) is 1.70. The summed E-state index contributed by atoms with van der Waals surface area (Å²) in [6.45, 7) is 6.48. The highest BCUT2D eigenvalue weighted by molar-refractivity contribution is 6.70. The van der Waals surface area contributed by atoms with Crippen molar-refractivity contribution in [1.29, 1.82) is 0 Å². The Morgan fingerprint density at radius 2 is 1.86 bits per heavy atom. The van der Waals surface area contributed by atoms with E-state index in [0.717, 1.165) is 16.7 Å². The van der Waals surface area contributed by atoms with Crippen molar-refractivity contribution in [1.82, 2.24) is 0 Å². The smallest absolute Gasteiger partial charge is 0.242 e. The summed E-state index contributed by atoms with van der Waals surface area (Å²) in [5.74, 6) is 0.875. The first-order chi connectivity index (χ1) is 6.56. The Balaban J connectivity index is 2.44. The van der Waals surface area contributed by atoms with E-state index in [4.69, 9.17) is 8.84 Å². The lowest BCUT2D eigenvalue weighted by Gasteiger charge is -2.17. The van der Waals surface area contributed by atoms with Gasteiger partial charge in [0.25, 0.3) is 0 Å². The van der Waals surface area contributed by atoms with Crippen molar-refractivity contribution in [2.45, 2.75) is 19.6 Å². The molecule has 0 atom stereocenters. The van der Waals surface area contributed by atoms with Crippen LogP contribution in [0.15, 0.2) is 34.9 Å². The maximum Gasteiger partial charge on any atom is 0.242 e. The summed E-state index contributed by atoms with van der Waals surface area (Å²) in [5.41, 5.74) is 0.890. The van der Waals surface area contributed by atoms with Gasteiger partial charge in [0.15, 0.2) is 5.75 Å². The summed E-state index contributed by atoms with van der Waals surface area (Å²) in [5, 5.41) is 1.06. The summed E-state index contributed by atoms with van der Waals surface area (Å²) >= 11 is 0. The molecular weight excluding hydrogens is 192 g/mol. The van der Waals surface area contributed by atoms with Crippen LogP contribution < -0.4 is 4.43 Å². The van der Waals surface area contributed by atoms with Crippen LogP contribution in [0.5, 0.6) is 5.75 Å². The molecule has 0 saturated carbocycles. The lowest BCUT2D eigenvalue weighted by Crippen LogP contribution is -2.29. The maximum atomic E-state index is 5.90. The topological polar surface area (TPSA) is 22.4 Å². The van der Waals surface area contributed by atoms with E-state index in [1.54, 1.807) is 6.26 Å². The van der Waals surface area contributed by atoms with E-state index in [1.165, 1.54) is 0 Å². The largest absolute Gasteiger partial charge is 0.542 e. The molecule has 0 radical (unpaired) electrons. The van der Waals surface area contributed by atoms with Gasteiger partial charge in [-0.1, -0.05) is 12.1 Å². The Bertz CT molecular complexity index is 440. The van der Waals surface area contributed by atoms with Gasteiger partial charge in [0.05, 0.1) is 5.39 Å². The first kappa shape index (κ1) is 9.34. The lowest BCUT2D eigenvalue weighted by atomic mass is 10.2. The van der Waals surface area contributed by atoms with Crippen LogP contribution in [-0.2, 0) is 0 Å². The molecule has 0 N–H and O–H groups in total. The fourth-order valence-corrected chi connectivity index (χ4v) is 2.18. The minimum Gasteiger partial charge on any atom is -0.542 e. The van der Waals surface area contributed by atoms with Crippen molar-refractivity contribution in [3.05, 3.63) is 30.5 Å². The van der Waals surface area contributed by atoms with Crippen LogP contribution >= 0.6 is 0 Å². The number of hydrogen-bond acceptors (Lipinski definition) is 2. The van der Waals surface area contributed by atoms with Crippen molar-refractivity contribution in [3.63, 3.8) is 0 Å². The fraction of sp³-hybridized carbons (Fsp3) is 0.273. The third kappa shape index (κ3) is 1.82. The van der Waals surface area contributed by atoms with Crippen molar-refractivity contribution in [2.75, 3.05) is 0 Å². The highest BCUT2D eigenvalue weighted by Crippen LogP contribution is 2.29. The van der Waals surface area contributed by atoms with E-state index >= 15 is 0 Å². The zero-order chi connectivity index (χ0) is 10.2. The van der Waals surface area contributed by atoms with E-state index in [2.05, 4.69) is 19.6 Å². The van der Waals surface area contributed by atoms with Gasteiger partial charge >= 0.3 is 0 Å². The number of para-hydroxylation sites is 1. The van der Waals surface area contributed by atoms with E-state index in [9.17, 15) is 0 Å². The standard InChI is InChI=1S/C11H14O2Si/c1-14(2,3)13-11-8-12-10-7-5-4-6-9(10)11/h4-8H,1-3H3. The van der Waals surface area contributed by atoms with Crippen LogP contribution in [0.25, 0.3) is 11.0 Å². The second-order valence-electron chi connectivity index (χ2n) is 4.31. The number of furan rings is 1. The summed E-state index contributed by atoms with van der Waals surface area (Å²) in [6, 6.07) is 7.93. The number of fused-ring (bicyclic) bond motifs is 1. The first-order valence-electron chi connectivity index (χ1n) is 4.71. The Morgan fingerprint density at radius 3 is 2.57 bits per heavy atom. The van der Waals surface area contributed by atoms with Crippen LogP contribution in [0, 0.1) is 0 Å². The average Bonchev–Trinajstić information content (AvgIpc) is 2.47. The quantitative estimate of drug-likeness (QED) is 0.700. The Hall–Kier alpha value is -1.22. The summed E-state index contributed by atoms with van der Waals surface area (Å²) < 4.78 is 11.3. The minimum absolute atomic E-state index is 0.875. The molecular formula is C11H14O2Si. The van der Waals surface area contributed by atoms with Crippen LogP contribution in [0.2, 0.25) is 19.6 Å². The third-order valence-electron chi connectivity index (χ3n) is 1.86. The second kappa shape index (κ2) is 3.17. The molecule has 0 amide bonds. The van der Waals surface area contributed by atoms with Gasteiger partial charge in [0, 0.05) is 0 Å². The van der Waals surface area contributed by atoms with Crippen molar-refractivity contribution in [2.24, 2.45) is 0 Å². The molecule has 0 bridgehead atoms. The summed E-state index contributed by atoms with van der Waals surface area (Å²) in [4.78, 5) is 0. The van der Waals surface area contributed by atoms with Gasteiger partial charge < -0.3 is 8.84 Å². The van der Waals surface area contributed by atoms with Crippen LogP contribution in [0.4, 0.5) is 0 Å². The van der Waals surface area contributed by atoms with E-state index in [-0.39, 0.29) is 0 Å². The first-order valence-corrected chi connectivity index (χ1v) is 8.12. The molecule has 2 rings (SSSR count). The van der Waals surface area contributed by atoms with Gasteiger partial charge in [-0.25, -0.2) is 0 Å². The molecule has 1 aromatic carbocycles. The molecule has 2 nitrogen and oxygen atoms in total. The maximum absolute atomic E-state index is 5.90. The molecule has 74 valence electrons. The normalized spacial score (nSPS) is 11.9. The molecule has 0 spiro atoms. The minimum atomic E-state index is -1.54. The average molecular weight is 206 g/mol. The van der Waals surface area contributed by atoms with E-state index in [0.29, 0.717) is 0 Å². The molecule has 0 saturated heterocycles. The zero-order valence-corrected chi connectivity index (χ0v) is 9.70. The molecule has 1 heterocycles. The Kier molecular flexibility index (Phi) is 2.11. The van der Waals surface area contributed by atoms with Gasteiger partial charge in [0.1, 0.15) is 11.8 Å². The zero-order valence-electron chi connectivity index (χ0n) is 8.70. The molecule has 0 aliphatic rings. The number of benzene rings is 1. The highest BCUT2D eigenvalue weighted by Gasteiger charge is 2.18. The number of rotatable bonds is 2. The summed E-state index contributed by atoms with van der Waals surface area (Å²) in [7, 11) is -1.54. The second-order valence-corrected chi connectivity index (χ2v) is 8.74. The van der Waals surface area contributed by atoms with E-state index in [1.807, 2.05) is 24.3 Å². The molecule has 0 unspecified atom stereocenters.